The number of carbonyl (C=O) groups excluding carboxylic acids is 1. The number of amides is 1. The first-order valence-electron chi connectivity index (χ1n) is 6.83. The zero-order chi connectivity index (χ0) is 15.6. The highest BCUT2D eigenvalue weighted by atomic mass is 19.1. The number of carboxylic acid groups (broad SMARTS) is 1. The van der Waals surface area contributed by atoms with E-state index in [2.05, 4.69) is 0 Å². The van der Waals surface area contributed by atoms with Crippen LogP contribution < -0.4 is 0 Å². The smallest absolute Gasteiger partial charge is 0.311 e. The molecule has 0 bridgehead atoms. The number of aliphatic carboxylic acids is 1. The van der Waals surface area contributed by atoms with Gasteiger partial charge in [-0.05, 0) is 37.6 Å². The Hall–Kier alpha value is -1.95. The van der Waals surface area contributed by atoms with Crippen molar-refractivity contribution in [2.75, 3.05) is 19.8 Å². The number of halogens is 1. The van der Waals surface area contributed by atoms with Crippen LogP contribution in [-0.4, -0.2) is 47.7 Å². The van der Waals surface area contributed by atoms with E-state index in [1.54, 1.807) is 13.8 Å². The second-order valence-electron chi connectivity index (χ2n) is 5.10. The van der Waals surface area contributed by atoms with Gasteiger partial charge < -0.3 is 14.7 Å². The van der Waals surface area contributed by atoms with Crippen LogP contribution >= 0.6 is 0 Å². The largest absolute Gasteiger partial charge is 0.481 e. The molecule has 1 N–H and O–H groups in total. The normalized spacial score (nSPS) is 21.3. The molecule has 0 aromatic heterocycles. The van der Waals surface area contributed by atoms with Crippen LogP contribution in [0.3, 0.4) is 0 Å². The molecule has 1 heterocycles. The lowest BCUT2D eigenvalue weighted by molar-refractivity contribution is -0.142. The Kier molecular flexibility index (Phi) is 4.57. The van der Waals surface area contributed by atoms with Crippen LogP contribution in [0.25, 0.3) is 0 Å². The van der Waals surface area contributed by atoms with E-state index >= 15 is 0 Å². The van der Waals surface area contributed by atoms with Gasteiger partial charge in [-0.1, -0.05) is 0 Å². The van der Waals surface area contributed by atoms with E-state index in [4.69, 9.17) is 4.74 Å². The molecule has 21 heavy (non-hydrogen) atoms. The Morgan fingerprint density at radius 3 is 2.71 bits per heavy atom. The fraction of sp³-hybridized carbons (Fsp3) is 0.467. The molecule has 1 aromatic rings. The minimum absolute atomic E-state index is 0.103. The van der Waals surface area contributed by atoms with Crippen LogP contribution in [0.15, 0.2) is 18.2 Å². The lowest BCUT2D eigenvalue weighted by atomic mass is 10.00. The van der Waals surface area contributed by atoms with Gasteiger partial charge in [-0.2, -0.15) is 0 Å². The topological polar surface area (TPSA) is 66.8 Å². The molecule has 1 fully saturated rings. The van der Waals surface area contributed by atoms with Crippen molar-refractivity contribution >= 4 is 11.9 Å². The van der Waals surface area contributed by atoms with Crippen LogP contribution in [-0.2, 0) is 9.53 Å². The predicted octanol–water partition coefficient (Wildman–Crippen LogP) is 1.70. The summed E-state index contributed by atoms with van der Waals surface area (Å²) in [4.78, 5) is 25.3. The van der Waals surface area contributed by atoms with Gasteiger partial charge in [0, 0.05) is 12.1 Å². The zero-order valence-electron chi connectivity index (χ0n) is 12.0. The summed E-state index contributed by atoms with van der Waals surface area (Å²) in [7, 11) is 0. The summed E-state index contributed by atoms with van der Waals surface area (Å²) in [6.45, 7) is 4.12. The van der Waals surface area contributed by atoms with Crippen molar-refractivity contribution in [3.05, 3.63) is 35.1 Å². The van der Waals surface area contributed by atoms with Crippen LogP contribution in [0.4, 0.5) is 4.39 Å². The number of rotatable bonds is 4. The van der Waals surface area contributed by atoms with Gasteiger partial charge in [0.1, 0.15) is 11.7 Å². The van der Waals surface area contributed by atoms with Crippen LogP contribution in [0.2, 0.25) is 0 Å². The number of ether oxygens (including phenoxy) is 1. The van der Waals surface area contributed by atoms with Crippen LogP contribution in [0.5, 0.6) is 0 Å². The molecule has 0 saturated carbocycles. The van der Waals surface area contributed by atoms with Crippen molar-refractivity contribution in [3.8, 4) is 0 Å². The maximum atomic E-state index is 13.1. The molecule has 2 atom stereocenters. The molecular formula is C15H18FNO4. The number of carbonyl (C=O) groups is 2. The molecule has 1 saturated heterocycles. The molecule has 0 spiro atoms. The maximum Gasteiger partial charge on any atom is 0.311 e. The first kappa shape index (κ1) is 15.4. The van der Waals surface area contributed by atoms with Gasteiger partial charge in [0.15, 0.2) is 0 Å². The van der Waals surface area contributed by atoms with Crippen LogP contribution in [0.1, 0.15) is 22.8 Å². The summed E-state index contributed by atoms with van der Waals surface area (Å²) in [6, 6.07) is 3.46. The SMILES string of the molecule is CCN(C(=O)c1ccc(F)cc1C)C1COCC1C(=O)O. The molecule has 0 aliphatic carbocycles. The molecule has 114 valence electrons. The van der Waals surface area contributed by atoms with Crippen molar-refractivity contribution < 1.29 is 23.8 Å². The number of benzene rings is 1. The third kappa shape index (κ3) is 3.05. The second kappa shape index (κ2) is 6.22. The van der Waals surface area contributed by atoms with Gasteiger partial charge >= 0.3 is 5.97 Å². The molecule has 0 radical (unpaired) electrons. The minimum Gasteiger partial charge on any atom is -0.481 e. The third-order valence-corrected chi connectivity index (χ3v) is 3.79. The summed E-state index contributed by atoms with van der Waals surface area (Å²) < 4.78 is 18.4. The van der Waals surface area contributed by atoms with E-state index in [9.17, 15) is 19.1 Å². The lowest BCUT2D eigenvalue weighted by Crippen LogP contribution is -2.46. The van der Waals surface area contributed by atoms with Crippen molar-refractivity contribution in [2.24, 2.45) is 5.92 Å². The summed E-state index contributed by atoms with van der Waals surface area (Å²) >= 11 is 0. The van der Waals surface area contributed by atoms with Gasteiger partial charge in [-0.3, -0.25) is 9.59 Å². The van der Waals surface area contributed by atoms with Gasteiger partial charge in [0.2, 0.25) is 0 Å². The zero-order valence-corrected chi connectivity index (χ0v) is 12.0. The fourth-order valence-electron chi connectivity index (χ4n) is 2.64. The molecule has 1 amide bonds. The Bertz CT molecular complexity index is 561. The number of aryl methyl sites for hydroxylation is 1. The fourth-order valence-corrected chi connectivity index (χ4v) is 2.64. The predicted molar refractivity (Wildman–Crippen MR) is 73.6 cm³/mol. The van der Waals surface area contributed by atoms with Gasteiger partial charge in [-0.15, -0.1) is 0 Å². The first-order chi connectivity index (χ1) is 9.95. The number of hydrogen-bond donors (Lipinski definition) is 1. The van der Waals surface area contributed by atoms with Gasteiger partial charge in [0.25, 0.3) is 5.91 Å². The molecule has 2 rings (SSSR count). The lowest BCUT2D eigenvalue weighted by Gasteiger charge is -2.29. The number of hydrogen-bond acceptors (Lipinski definition) is 3. The second-order valence-corrected chi connectivity index (χ2v) is 5.10. The number of likely N-dealkylation sites (N-methyl/N-ethyl adjacent to an activating group) is 1. The highest BCUT2D eigenvalue weighted by Crippen LogP contribution is 2.23. The van der Waals surface area contributed by atoms with E-state index in [0.29, 0.717) is 17.7 Å². The molecular weight excluding hydrogens is 277 g/mol. The summed E-state index contributed by atoms with van der Waals surface area (Å²) in [5, 5.41) is 9.20. The molecule has 2 unspecified atom stereocenters. The average molecular weight is 295 g/mol. The Labute approximate surface area is 122 Å². The molecule has 1 aromatic carbocycles. The standard InChI is InChI=1S/C15H18FNO4/c1-3-17(13-8-21-7-12(13)15(19)20)14(18)11-5-4-10(16)6-9(11)2/h4-6,12-13H,3,7-8H2,1-2H3,(H,19,20). The summed E-state index contributed by atoms with van der Waals surface area (Å²) in [5.41, 5.74) is 0.915. The van der Waals surface area contributed by atoms with Crippen molar-refractivity contribution in [1.29, 1.82) is 0 Å². The molecule has 5 nitrogen and oxygen atoms in total. The minimum atomic E-state index is -0.973. The van der Waals surface area contributed by atoms with Gasteiger partial charge in [0.05, 0.1) is 19.3 Å². The summed E-state index contributed by atoms with van der Waals surface area (Å²) in [6.07, 6.45) is 0. The molecule has 6 heteroatoms. The van der Waals surface area contributed by atoms with Crippen LogP contribution in [0, 0.1) is 18.7 Å². The van der Waals surface area contributed by atoms with E-state index < -0.39 is 23.7 Å². The van der Waals surface area contributed by atoms with E-state index in [1.165, 1.54) is 23.1 Å². The Balaban J connectivity index is 2.28. The maximum absolute atomic E-state index is 13.1. The first-order valence-corrected chi connectivity index (χ1v) is 6.83. The average Bonchev–Trinajstić information content (AvgIpc) is 2.88. The highest BCUT2D eigenvalue weighted by Gasteiger charge is 2.39. The summed E-state index contributed by atoms with van der Waals surface area (Å²) in [5.74, 6) is -2.40. The quantitative estimate of drug-likeness (QED) is 0.918. The molecule has 1 aliphatic heterocycles. The van der Waals surface area contributed by atoms with E-state index in [0.717, 1.165) is 0 Å². The number of nitrogens with zero attached hydrogens (tertiary/aromatic N) is 1. The van der Waals surface area contributed by atoms with E-state index in [1.807, 2.05) is 0 Å². The number of carboxylic acids is 1. The highest BCUT2D eigenvalue weighted by molar-refractivity contribution is 5.96. The Morgan fingerprint density at radius 1 is 1.43 bits per heavy atom. The third-order valence-electron chi connectivity index (χ3n) is 3.79. The molecule has 1 aliphatic rings. The van der Waals surface area contributed by atoms with Crippen molar-refractivity contribution in [2.45, 2.75) is 19.9 Å². The van der Waals surface area contributed by atoms with E-state index in [-0.39, 0.29) is 19.1 Å². The van der Waals surface area contributed by atoms with Gasteiger partial charge in [-0.25, -0.2) is 4.39 Å². The Morgan fingerprint density at radius 2 is 2.14 bits per heavy atom. The monoisotopic (exact) mass is 295 g/mol. The van der Waals surface area contributed by atoms with Crippen molar-refractivity contribution in [3.63, 3.8) is 0 Å². The van der Waals surface area contributed by atoms with Crippen molar-refractivity contribution in [1.82, 2.24) is 4.90 Å².